The third-order valence-corrected chi connectivity index (χ3v) is 4.59. The fraction of sp³-hybridized carbons (Fsp3) is 0.316. The molecule has 3 nitrogen and oxygen atoms in total. The number of piperidine rings is 1. The minimum Gasteiger partial charge on any atom is -0.388 e. The molecule has 0 bridgehead atoms. The van der Waals surface area contributed by atoms with Crippen molar-refractivity contribution in [3.63, 3.8) is 0 Å². The molecule has 1 saturated heterocycles. The van der Waals surface area contributed by atoms with Crippen LogP contribution in [-0.2, 0) is 0 Å². The van der Waals surface area contributed by atoms with Crippen LogP contribution in [0.5, 0.6) is 0 Å². The first-order valence-electron chi connectivity index (χ1n) is 8.03. The van der Waals surface area contributed by atoms with Crippen LogP contribution in [0.1, 0.15) is 34.9 Å². The summed E-state index contributed by atoms with van der Waals surface area (Å²) in [6.07, 6.45) is 0.564. The van der Waals surface area contributed by atoms with Crippen molar-refractivity contribution in [3.8, 4) is 0 Å². The summed E-state index contributed by atoms with van der Waals surface area (Å²) in [4.78, 5) is 14.0. The summed E-state index contributed by atoms with van der Waals surface area (Å²) in [6.45, 7) is 0.937. The smallest absolute Gasteiger partial charge is 0.256 e. The van der Waals surface area contributed by atoms with Gasteiger partial charge in [0.05, 0.1) is 11.7 Å². The van der Waals surface area contributed by atoms with Crippen molar-refractivity contribution in [3.05, 3.63) is 71.3 Å². The lowest BCUT2D eigenvalue weighted by atomic mass is 9.87. The summed E-state index contributed by atoms with van der Waals surface area (Å²) < 4.78 is 26.7. The quantitative estimate of drug-likeness (QED) is 0.934. The van der Waals surface area contributed by atoms with E-state index in [1.165, 1.54) is 24.3 Å². The predicted octanol–water partition coefficient (Wildman–Crippen LogP) is 3.55. The number of amides is 1. The molecular weight excluding hydrogens is 312 g/mol. The van der Waals surface area contributed by atoms with Gasteiger partial charge in [-0.1, -0.05) is 24.3 Å². The Morgan fingerprint density at radius 1 is 1.04 bits per heavy atom. The molecule has 3 rings (SSSR count). The van der Waals surface area contributed by atoms with Crippen LogP contribution >= 0.6 is 0 Å². The van der Waals surface area contributed by atoms with Crippen molar-refractivity contribution in [2.24, 2.45) is 5.92 Å². The van der Waals surface area contributed by atoms with Crippen molar-refractivity contribution in [2.45, 2.75) is 18.9 Å². The van der Waals surface area contributed by atoms with Crippen LogP contribution in [0, 0.1) is 17.6 Å². The number of carbonyl (C=O) groups excluding carboxylic acids is 1. The molecule has 0 aromatic heterocycles. The Morgan fingerprint density at radius 3 is 2.29 bits per heavy atom. The number of carbonyl (C=O) groups is 1. The summed E-state index contributed by atoms with van der Waals surface area (Å²) in [5, 5.41) is 10.4. The number of aliphatic hydroxyl groups is 1. The number of hydrogen-bond acceptors (Lipinski definition) is 2. The molecule has 1 N–H and O–H groups in total. The molecule has 1 unspecified atom stereocenters. The van der Waals surface area contributed by atoms with Gasteiger partial charge in [-0.15, -0.1) is 0 Å². The molecule has 0 saturated carbocycles. The van der Waals surface area contributed by atoms with Crippen molar-refractivity contribution >= 4 is 5.91 Å². The van der Waals surface area contributed by atoms with Crippen molar-refractivity contribution < 1.29 is 18.7 Å². The zero-order chi connectivity index (χ0) is 17.1. The van der Waals surface area contributed by atoms with Crippen LogP contribution in [-0.4, -0.2) is 29.0 Å². The molecule has 126 valence electrons. The molecule has 1 atom stereocenters. The lowest BCUT2D eigenvalue weighted by molar-refractivity contribution is 0.0459. The monoisotopic (exact) mass is 331 g/mol. The molecule has 0 radical (unpaired) electrons. The Morgan fingerprint density at radius 2 is 1.67 bits per heavy atom. The molecule has 0 aliphatic carbocycles. The molecule has 5 heteroatoms. The largest absolute Gasteiger partial charge is 0.388 e. The van der Waals surface area contributed by atoms with Gasteiger partial charge in [0.15, 0.2) is 0 Å². The maximum atomic E-state index is 13.7. The average molecular weight is 331 g/mol. The van der Waals surface area contributed by atoms with E-state index in [0.717, 1.165) is 0 Å². The predicted molar refractivity (Wildman–Crippen MR) is 86.4 cm³/mol. The van der Waals surface area contributed by atoms with E-state index in [1.807, 2.05) is 0 Å². The number of rotatable bonds is 3. The molecule has 2 aromatic rings. The summed E-state index contributed by atoms with van der Waals surface area (Å²) in [5.41, 5.74) is 0.755. The first kappa shape index (κ1) is 16.6. The van der Waals surface area contributed by atoms with E-state index in [-0.39, 0.29) is 23.2 Å². The second-order valence-electron chi connectivity index (χ2n) is 6.11. The number of hydrogen-bond donors (Lipinski definition) is 1. The molecule has 1 aliphatic heterocycles. The van der Waals surface area contributed by atoms with Gasteiger partial charge in [0, 0.05) is 13.1 Å². The molecular formula is C19H19F2NO2. The minimum atomic E-state index is -0.684. The number of halogens is 2. The van der Waals surface area contributed by atoms with E-state index in [1.54, 1.807) is 29.2 Å². The third kappa shape index (κ3) is 3.46. The highest BCUT2D eigenvalue weighted by Crippen LogP contribution is 2.31. The summed E-state index contributed by atoms with van der Waals surface area (Å²) in [5.74, 6) is -1.17. The Balaban J connectivity index is 1.62. The molecule has 1 heterocycles. The lowest BCUT2D eigenvalue weighted by Crippen LogP contribution is -2.40. The fourth-order valence-corrected chi connectivity index (χ4v) is 3.16. The van der Waals surface area contributed by atoms with Gasteiger partial charge in [-0.25, -0.2) is 8.78 Å². The highest BCUT2D eigenvalue weighted by Gasteiger charge is 2.29. The maximum Gasteiger partial charge on any atom is 0.256 e. The second-order valence-corrected chi connectivity index (χ2v) is 6.11. The van der Waals surface area contributed by atoms with E-state index in [4.69, 9.17) is 0 Å². The Kier molecular flexibility index (Phi) is 4.90. The van der Waals surface area contributed by atoms with Gasteiger partial charge in [0.25, 0.3) is 5.91 Å². The number of benzene rings is 2. The second kappa shape index (κ2) is 7.09. The Bertz CT molecular complexity index is 710. The fourth-order valence-electron chi connectivity index (χ4n) is 3.16. The Hall–Kier alpha value is -2.27. The molecule has 1 fully saturated rings. The van der Waals surface area contributed by atoms with Gasteiger partial charge in [0.2, 0.25) is 0 Å². The highest BCUT2D eigenvalue weighted by molar-refractivity contribution is 5.94. The highest BCUT2D eigenvalue weighted by atomic mass is 19.1. The zero-order valence-corrected chi connectivity index (χ0v) is 13.2. The van der Waals surface area contributed by atoms with Gasteiger partial charge in [-0.05, 0) is 48.6 Å². The normalized spacial score (nSPS) is 16.9. The summed E-state index contributed by atoms with van der Waals surface area (Å²) >= 11 is 0. The first-order valence-corrected chi connectivity index (χ1v) is 8.03. The SMILES string of the molecule is O=C(c1ccccc1F)N1CCC(C(O)c2ccc(F)cc2)CC1. The van der Waals surface area contributed by atoms with E-state index < -0.39 is 11.9 Å². The van der Waals surface area contributed by atoms with Gasteiger partial charge < -0.3 is 10.0 Å². The zero-order valence-electron chi connectivity index (χ0n) is 13.2. The minimum absolute atomic E-state index is 0.000122. The van der Waals surface area contributed by atoms with Crippen LogP contribution in [0.25, 0.3) is 0 Å². The topological polar surface area (TPSA) is 40.5 Å². The standard InChI is InChI=1S/C19H19F2NO2/c20-15-7-5-13(6-8-15)18(23)14-9-11-22(12-10-14)19(24)16-3-1-2-4-17(16)21/h1-8,14,18,23H,9-12H2. The van der Waals surface area contributed by atoms with Crippen LogP contribution in [0.4, 0.5) is 8.78 Å². The average Bonchev–Trinajstić information content (AvgIpc) is 2.62. The number of nitrogens with zero attached hydrogens (tertiary/aromatic N) is 1. The van der Waals surface area contributed by atoms with Crippen molar-refractivity contribution in [2.75, 3.05) is 13.1 Å². The summed E-state index contributed by atoms with van der Waals surface area (Å²) in [7, 11) is 0. The van der Waals surface area contributed by atoms with Gasteiger partial charge in [0.1, 0.15) is 11.6 Å². The molecule has 0 spiro atoms. The third-order valence-electron chi connectivity index (χ3n) is 4.59. The van der Waals surface area contributed by atoms with Gasteiger partial charge in [-0.2, -0.15) is 0 Å². The number of likely N-dealkylation sites (tertiary alicyclic amines) is 1. The van der Waals surface area contributed by atoms with E-state index in [2.05, 4.69) is 0 Å². The lowest BCUT2D eigenvalue weighted by Gasteiger charge is -2.34. The van der Waals surface area contributed by atoms with Crippen LogP contribution < -0.4 is 0 Å². The van der Waals surface area contributed by atoms with Crippen LogP contribution in [0.15, 0.2) is 48.5 Å². The maximum absolute atomic E-state index is 13.7. The van der Waals surface area contributed by atoms with E-state index in [0.29, 0.717) is 31.5 Å². The molecule has 2 aromatic carbocycles. The van der Waals surface area contributed by atoms with Crippen LogP contribution in [0.3, 0.4) is 0 Å². The van der Waals surface area contributed by atoms with E-state index in [9.17, 15) is 18.7 Å². The Labute approximate surface area is 139 Å². The van der Waals surface area contributed by atoms with E-state index >= 15 is 0 Å². The van der Waals surface area contributed by atoms with Crippen molar-refractivity contribution in [1.82, 2.24) is 4.90 Å². The summed E-state index contributed by atoms with van der Waals surface area (Å²) in [6, 6.07) is 11.8. The molecule has 1 amide bonds. The van der Waals surface area contributed by atoms with Gasteiger partial charge >= 0.3 is 0 Å². The van der Waals surface area contributed by atoms with Gasteiger partial charge in [-0.3, -0.25) is 4.79 Å². The number of aliphatic hydroxyl groups excluding tert-OH is 1. The molecule has 24 heavy (non-hydrogen) atoms. The molecule has 1 aliphatic rings. The van der Waals surface area contributed by atoms with Crippen LogP contribution in [0.2, 0.25) is 0 Å². The first-order chi connectivity index (χ1) is 11.6. The van der Waals surface area contributed by atoms with Crippen molar-refractivity contribution in [1.29, 1.82) is 0 Å².